The van der Waals surface area contributed by atoms with Crippen molar-refractivity contribution in [2.24, 2.45) is 0 Å². The summed E-state index contributed by atoms with van der Waals surface area (Å²) >= 11 is 0. The molecule has 0 bridgehead atoms. The van der Waals surface area contributed by atoms with Crippen LogP contribution in [-0.4, -0.2) is 14.5 Å². The van der Waals surface area contributed by atoms with Gasteiger partial charge in [0.25, 0.3) is 0 Å². The van der Waals surface area contributed by atoms with Gasteiger partial charge in [0.2, 0.25) is 0 Å². The second kappa shape index (κ2) is 11.2. The molecule has 0 saturated carbocycles. The van der Waals surface area contributed by atoms with Gasteiger partial charge < -0.3 is 8.98 Å². The number of benzene rings is 6. The summed E-state index contributed by atoms with van der Waals surface area (Å²) in [5.41, 5.74) is 10.0. The average molecular weight is 618 g/mol. The Hall–Kier alpha value is -6.26. The van der Waals surface area contributed by atoms with Crippen molar-refractivity contribution in [1.82, 2.24) is 14.5 Å². The van der Waals surface area contributed by atoms with E-state index in [9.17, 15) is 0 Å². The molecule has 0 spiro atoms. The lowest BCUT2D eigenvalue weighted by atomic mass is 10.0. The Bertz CT molecular complexity index is 2790. The summed E-state index contributed by atoms with van der Waals surface area (Å²) in [6, 6.07) is 48.6. The monoisotopic (exact) mass is 617 g/mol. The van der Waals surface area contributed by atoms with Gasteiger partial charge in [-0.15, -0.1) is 0 Å². The Kier molecular flexibility index (Phi) is 6.54. The molecule has 6 aromatic carbocycles. The Morgan fingerprint density at radius 2 is 1.31 bits per heavy atom. The molecule has 0 fully saturated rings. The average Bonchev–Trinajstić information content (AvgIpc) is 3.69. The molecule has 3 aromatic heterocycles. The van der Waals surface area contributed by atoms with Crippen LogP contribution in [0.25, 0.3) is 95.4 Å². The molecule has 228 valence electrons. The van der Waals surface area contributed by atoms with Crippen molar-refractivity contribution in [2.45, 2.75) is 13.8 Å². The molecule has 0 saturated heterocycles. The molecule has 0 amide bonds. The summed E-state index contributed by atoms with van der Waals surface area (Å²) in [7, 11) is 0. The van der Waals surface area contributed by atoms with Gasteiger partial charge >= 0.3 is 0 Å². The highest BCUT2D eigenvalue weighted by atomic mass is 16.3. The maximum Gasteiger partial charge on any atom is 0.164 e. The zero-order valence-corrected chi connectivity index (χ0v) is 26.7. The van der Waals surface area contributed by atoms with Crippen LogP contribution in [0, 0.1) is 0 Å². The highest BCUT2D eigenvalue weighted by Gasteiger charge is 2.18. The van der Waals surface area contributed by atoms with Crippen molar-refractivity contribution in [1.29, 1.82) is 0 Å². The van der Waals surface area contributed by atoms with Crippen LogP contribution >= 0.6 is 0 Å². The zero-order valence-electron chi connectivity index (χ0n) is 26.7. The predicted molar refractivity (Wildman–Crippen MR) is 199 cm³/mol. The number of hydrogen-bond donors (Lipinski definition) is 0. The lowest BCUT2D eigenvalue weighted by Gasteiger charge is -2.09. The second-order valence-electron chi connectivity index (χ2n) is 12.1. The molecule has 4 heteroatoms. The molecule has 0 aliphatic carbocycles. The second-order valence-corrected chi connectivity index (χ2v) is 12.1. The fourth-order valence-corrected chi connectivity index (χ4v) is 7.13. The van der Waals surface area contributed by atoms with Crippen molar-refractivity contribution in [3.8, 4) is 39.5 Å². The molecule has 9 aromatic rings. The van der Waals surface area contributed by atoms with Crippen molar-refractivity contribution < 1.29 is 4.42 Å². The van der Waals surface area contributed by atoms with Crippen LogP contribution in [0.15, 0.2) is 144 Å². The highest BCUT2D eigenvalue weighted by molar-refractivity contribution is 6.10. The standard InChI is InChI=1S/C44H31N3O/c1-3-32-36-26-30(28-14-7-5-8-15-28)22-24-40(36)47(39(32)4-2)31-23-25-41-37(27-31)33-19-13-20-35(43(33)48-41)44-45-38-21-12-11-18-34(38)42(46-44)29-16-9-6-10-17-29/h3-27H,1-2H3. The Morgan fingerprint density at radius 3 is 2.10 bits per heavy atom. The van der Waals surface area contributed by atoms with E-state index in [1.54, 1.807) is 0 Å². The van der Waals surface area contributed by atoms with Gasteiger partial charge in [-0.25, -0.2) is 9.97 Å². The van der Waals surface area contributed by atoms with Gasteiger partial charge in [-0.3, -0.25) is 0 Å². The number of aromatic nitrogens is 3. The first kappa shape index (κ1) is 28.0. The van der Waals surface area contributed by atoms with E-state index in [4.69, 9.17) is 14.4 Å². The van der Waals surface area contributed by atoms with Crippen LogP contribution in [-0.2, 0) is 0 Å². The van der Waals surface area contributed by atoms with Gasteiger partial charge in [0.05, 0.1) is 22.3 Å². The molecule has 0 aliphatic rings. The van der Waals surface area contributed by atoms with Crippen molar-refractivity contribution in [3.05, 3.63) is 150 Å². The van der Waals surface area contributed by atoms with E-state index < -0.39 is 0 Å². The number of rotatable bonds is 4. The normalized spacial score (nSPS) is 12.6. The summed E-state index contributed by atoms with van der Waals surface area (Å²) in [4.78, 5) is 10.2. The van der Waals surface area contributed by atoms with Gasteiger partial charge in [-0.1, -0.05) is 109 Å². The molecule has 9 rings (SSSR count). The number of hydrogen-bond acceptors (Lipinski definition) is 3. The number of nitrogens with zero attached hydrogens (tertiary/aromatic N) is 3. The van der Waals surface area contributed by atoms with E-state index in [0.29, 0.717) is 5.82 Å². The van der Waals surface area contributed by atoms with Crippen LogP contribution in [0.5, 0.6) is 0 Å². The Labute approximate surface area is 277 Å². The zero-order chi connectivity index (χ0) is 32.2. The van der Waals surface area contributed by atoms with Gasteiger partial charge in [-0.2, -0.15) is 0 Å². The maximum absolute atomic E-state index is 6.62. The largest absolute Gasteiger partial charge is 0.455 e. The van der Waals surface area contributed by atoms with Crippen molar-refractivity contribution in [3.63, 3.8) is 0 Å². The van der Waals surface area contributed by atoms with E-state index >= 15 is 0 Å². The molecule has 0 aliphatic heterocycles. The lowest BCUT2D eigenvalue weighted by Crippen LogP contribution is -2.27. The van der Waals surface area contributed by atoms with E-state index in [2.05, 4.69) is 134 Å². The quantitative estimate of drug-likeness (QED) is 0.197. The van der Waals surface area contributed by atoms with Crippen LogP contribution < -0.4 is 10.6 Å². The van der Waals surface area contributed by atoms with Crippen molar-refractivity contribution >= 4 is 55.9 Å². The molecule has 0 radical (unpaired) electrons. The third-order valence-corrected chi connectivity index (χ3v) is 9.34. The van der Waals surface area contributed by atoms with E-state index in [1.165, 1.54) is 32.6 Å². The summed E-state index contributed by atoms with van der Waals surface area (Å²) < 4.78 is 8.98. The van der Waals surface area contributed by atoms with Gasteiger partial charge in [0.1, 0.15) is 11.2 Å². The summed E-state index contributed by atoms with van der Waals surface area (Å²) in [6.07, 6.45) is 4.42. The summed E-state index contributed by atoms with van der Waals surface area (Å²) in [6.45, 7) is 4.23. The van der Waals surface area contributed by atoms with E-state index in [-0.39, 0.29) is 0 Å². The fourth-order valence-electron chi connectivity index (χ4n) is 7.13. The minimum atomic E-state index is 0.647. The number of fused-ring (bicyclic) bond motifs is 5. The van der Waals surface area contributed by atoms with Crippen molar-refractivity contribution in [2.75, 3.05) is 0 Å². The molecule has 0 unspecified atom stereocenters. The first-order valence-electron chi connectivity index (χ1n) is 16.3. The summed E-state index contributed by atoms with van der Waals surface area (Å²) in [5.74, 6) is 0.647. The van der Waals surface area contributed by atoms with Gasteiger partial charge in [0, 0.05) is 43.4 Å². The first-order valence-corrected chi connectivity index (χ1v) is 16.3. The third kappa shape index (κ3) is 4.38. The van der Waals surface area contributed by atoms with E-state index in [0.717, 1.165) is 55.3 Å². The minimum Gasteiger partial charge on any atom is -0.455 e. The fraction of sp³-hybridized carbons (Fsp3) is 0.0455. The molecule has 48 heavy (non-hydrogen) atoms. The number of furan rings is 1. The topological polar surface area (TPSA) is 43.9 Å². The Balaban J connectivity index is 1.24. The smallest absolute Gasteiger partial charge is 0.164 e. The van der Waals surface area contributed by atoms with Crippen LogP contribution in [0.3, 0.4) is 0 Å². The first-order chi connectivity index (χ1) is 23.7. The maximum atomic E-state index is 6.62. The van der Waals surface area contributed by atoms with Crippen LogP contribution in [0.4, 0.5) is 0 Å². The molecular weight excluding hydrogens is 587 g/mol. The van der Waals surface area contributed by atoms with Crippen LogP contribution in [0.1, 0.15) is 13.8 Å². The molecular formula is C44H31N3O. The molecule has 3 heterocycles. The molecule has 4 nitrogen and oxygen atoms in total. The third-order valence-electron chi connectivity index (χ3n) is 9.34. The van der Waals surface area contributed by atoms with Gasteiger partial charge in [0.15, 0.2) is 5.82 Å². The summed E-state index contributed by atoms with van der Waals surface area (Å²) in [5, 5.41) is 6.75. The van der Waals surface area contributed by atoms with Crippen LogP contribution in [0.2, 0.25) is 0 Å². The van der Waals surface area contributed by atoms with E-state index in [1.807, 2.05) is 36.4 Å². The predicted octanol–water partition coefficient (Wildman–Crippen LogP) is 10.1. The highest BCUT2D eigenvalue weighted by Crippen LogP contribution is 2.37. The van der Waals surface area contributed by atoms with Gasteiger partial charge in [-0.05, 0) is 67.4 Å². The lowest BCUT2D eigenvalue weighted by molar-refractivity contribution is 0.669. The molecule has 0 N–H and O–H groups in total. The minimum absolute atomic E-state index is 0.647. The Morgan fingerprint density at radius 1 is 0.562 bits per heavy atom. The number of para-hydroxylation sites is 2. The SMILES string of the molecule is CC=c1c(=CC)n(-c2ccc3oc4c(-c5nc(-c6ccccc6)c6ccccc6n5)cccc4c3c2)c2ccc(-c3ccccc3)cc12. The molecule has 0 atom stereocenters.